The molecule has 1 aliphatic rings. The van der Waals surface area contributed by atoms with Gasteiger partial charge in [0.25, 0.3) is 11.8 Å². The van der Waals surface area contributed by atoms with E-state index in [1.165, 1.54) is 11.3 Å². The minimum Gasteiger partial charge on any atom is -0.475 e. The number of hydrogen-bond donors (Lipinski definition) is 5. The number of fused-ring (bicyclic) bond motifs is 1. The van der Waals surface area contributed by atoms with Gasteiger partial charge in [-0.2, -0.15) is 31.4 Å². The van der Waals surface area contributed by atoms with Crippen LogP contribution in [0.15, 0.2) is 48.5 Å². The van der Waals surface area contributed by atoms with Gasteiger partial charge in [-0.1, -0.05) is 23.7 Å². The van der Waals surface area contributed by atoms with E-state index in [0.717, 1.165) is 47.7 Å². The van der Waals surface area contributed by atoms with Crippen LogP contribution in [0, 0.1) is 6.92 Å². The average molecular weight is 751 g/mol. The van der Waals surface area contributed by atoms with Gasteiger partial charge in [-0.25, -0.2) is 9.59 Å². The SMILES string of the molecule is Cc1cccc(Cl)c1CNC(=O)c1cc2[nH]nc(NC(=O)c3ccc(N4CCN(C)CC4)cc3)c2s1.O=C(O)C(F)(F)F.O=C(O)C(F)(F)F. The van der Waals surface area contributed by atoms with E-state index in [0.29, 0.717) is 33.3 Å². The fourth-order valence-electron chi connectivity index (χ4n) is 4.23. The molecule has 0 atom stereocenters. The second-order valence-electron chi connectivity index (χ2n) is 10.5. The van der Waals surface area contributed by atoms with Crippen LogP contribution in [0.1, 0.15) is 31.2 Å². The zero-order valence-corrected chi connectivity index (χ0v) is 27.6. The number of thiophene rings is 1. The number of carboxylic acid groups (broad SMARTS) is 2. The molecular weight excluding hydrogens is 722 g/mol. The number of rotatable bonds is 6. The highest BCUT2D eigenvalue weighted by Gasteiger charge is 2.38. The molecule has 2 aromatic heterocycles. The Bertz CT molecular complexity index is 1780. The number of nitrogens with zero attached hydrogens (tertiary/aromatic N) is 3. The summed E-state index contributed by atoms with van der Waals surface area (Å²) in [6, 6.07) is 15.0. The van der Waals surface area contributed by atoms with Gasteiger partial charge in [0.15, 0.2) is 5.82 Å². The number of halogens is 7. The number of piperazine rings is 1. The summed E-state index contributed by atoms with van der Waals surface area (Å²) >= 11 is 7.55. The van der Waals surface area contributed by atoms with Gasteiger partial charge in [-0.05, 0) is 61.5 Å². The Hall–Kier alpha value is -4.88. The molecule has 0 aliphatic carbocycles. The van der Waals surface area contributed by atoms with Crippen molar-refractivity contribution in [1.82, 2.24) is 20.4 Å². The number of benzene rings is 2. The first kappa shape index (κ1) is 39.6. The number of carboxylic acids is 2. The summed E-state index contributed by atoms with van der Waals surface area (Å²) in [6.07, 6.45) is -10.2. The molecule has 0 bridgehead atoms. The van der Waals surface area contributed by atoms with Gasteiger partial charge in [0.1, 0.15) is 0 Å². The number of aryl methyl sites for hydroxylation is 1. The predicted molar refractivity (Wildman–Crippen MR) is 173 cm³/mol. The van der Waals surface area contributed by atoms with E-state index in [9.17, 15) is 35.9 Å². The van der Waals surface area contributed by atoms with Gasteiger partial charge in [-0.3, -0.25) is 14.7 Å². The Labute approximate surface area is 288 Å². The summed E-state index contributed by atoms with van der Waals surface area (Å²) in [5, 5.41) is 27.8. The summed E-state index contributed by atoms with van der Waals surface area (Å²) in [6.45, 7) is 6.29. The van der Waals surface area contributed by atoms with Crippen molar-refractivity contribution in [1.29, 1.82) is 0 Å². The van der Waals surface area contributed by atoms with Gasteiger partial charge < -0.3 is 30.6 Å². The highest BCUT2D eigenvalue weighted by atomic mass is 35.5. The van der Waals surface area contributed by atoms with Crippen LogP contribution >= 0.6 is 22.9 Å². The Balaban J connectivity index is 0.000000408. The summed E-state index contributed by atoms with van der Waals surface area (Å²) in [7, 11) is 2.13. The third kappa shape index (κ3) is 11.1. The van der Waals surface area contributed by atoms with E-state index in [1.54, 1.807) is 6.07 Å². The third-order valence-corrected chi connectivity index (χ3v) is 8.45. The molecule has 0 radical (unpaired) electrons. The third-order valence-electron chi connectivity index (χ3n) is 6.95. The second kappa shape index (κ2) is 16.7. The Kier molecular flexibility index (Phi) is 13.2. The molecule has 5 N–H and O–H groups in total. The number of H-pyrrole nitrogens is 1. The number of aliphatic carboxylic acids is 2. The smallest absolute Gasteiger partial charge is 0.475 e. The van der Waals surface area contributed by atoms with Crippen LogP contribution in [0.2, 0.25) is 5.02 Å². The molecule has 3 heterocycles. The Morgan fingerprint density at radius 2 is 1.48 bits per heavy atom. The molecule has 1 fully saturated rings. The quantitative estimate of drug-likeness (QED) is 0.153. The van der Waals surface area contributed by atoms with Crippen LogP contribution < -0.4 is 15.5 Å². The molecule has 1 aliphatic heterocycles. The van der Waals surface area contributed by atoms with E-state index < -0.39 is 24.3 Å². The number of aromatic amines is 1. The van der Waals surface area contributed by atoms with Crippen molar-refractivity contribution in [2.75, 3.05) is 43.4 Å². The van der Waals surface area contributed by atoms with Crippen molar-refractivity contribution < 1.29 is 55.7 Å². The number of carbonyl (C=O) groups excluding carboxylic acids is 2. The molecule has 0 saturated carbocycles. The number of anilines is 2. The van der Waals surface area contributed by atoms with E-state index >= 15 is 0 Å². The average Bonchev–Trinajstić information content (AvgIpc) is 3.63. The molecule has 20 heteroatoms. The van der Waals surface area contributed by atoms with Crippen LogP contribution in [0.3, 0.4) is 0 Å². The molecule has 12 nitrogen and oxygen atoms in total. The molecule has 2 amide bonds. The van der Waals surface area contributed by atoms with Gasteiger partial charge in [0, 0.05) is 49.0 Å². The maximum absolute atomic E-state index is 12.9. The first-order valence-corrected chi connectivity index (χ1v) is 15.4. The molecular formula is C30H29ClF6N6O6S. The summed E-state index contributed by atoms with van der Waals surface area (Å²) in [5.41, 5.74) is 4.27. The van der Waals surface area contributed by atoms with Crippen molar-refractivity contribution >= 4 is 68.4 Å². The lowest BCUT2D eigenvalue weighted by Gasteiger charge is -2.34. The van der Waals surface area contributed by atoms with Crippen LogP contribution in [0.5, 0.6) is 0 Å². The van der Waals surface area contributed by atoms with E-state index in [4.69, 9.17) is 31.4 Å². The van der Waals surface area contributed by atoms with Gasteiger partial charge in [0.05, 0.1) is 15.1 Å². The summed E-state index contributed by atoms with van der Waals surface area (Å²) < 4.78 is 64.2. The van der Waals surface area contributed by atoms with Crippen LogP contribution in [0.25, 0.3) is 10.2 Å². The number of likely N-dealkylation sites (N-methyl/N-ethyl adjacent to an activating group) is 1. The lowest BCUT2D eigenvalue weighted by Crippen LogP contribution is -2.44. The predicted octanol–water partition coefficient (Wildman–Crippen LogP) is 5.79. The minimum absolute atomic E-state index is 0.208. The molecule has 1 saturated heterocycles. The summed E-state index contributed by atoms with van der Waals surface area (Å²) in [5.74, 6) is -5.56. The highest BCUT2D eigenvalue weighted by Crippen LogP contribution is 2.31. The molecule has 50 heavy (non-hydrogen) atoms. The molecule has 0 spiro atoms. The number of hydrogen-bond acceptors (Lipinski definition) is 8. The van der Waals surface area contributed by atoms with E-state index in [-0.39, 0.29) is 11.8 Å². The lowest BCUT2D eigenvalue weighted by molar-refractivity contribution is -0.193. The fraction of sp³-hybridized carbons (Fsp3) is 0.300. The Morgan fingerprint density at radius 3 is 2.00 bits per heavy atom. The Morgan fingerprint density at radius 1 is 0.920 bits per heavy atom. The van der Waals surface area contributed by atoms with Crippen LogP contribution in [0.4, 0.5) is 37.8 Å². The van der Waals surface area contributed by atoms with Crippen molar-refractivity contribution in [3.63, 3.8) is 0 Å². The van der Waals surface area contributed by atoms with Crippen LogP contribution in [-0.2, 0) is 16.1 Å². The van der Waals surface area contributed by atoms with Crippen molar-refractivity contribution in [2.45, 2.75) is 25.8 Å². The van der Waals surface area contributed by atoms with Gasteiger partial charge in [0.2, 0.25) is 0 Å². The maximum atomic E-state index is 12.9. The first-order valence-electron chi connectivity index (χ1n) is 14.2. The standard InChI is InChI=1S/C26H27ClN6O2S.2C2HF3O2/c1-16-4-3-5-20(27)19(16)15-28-26(35)22-14-21-23(36-22)24(31-30-21)29-25(34)17-6-8-18(9-7-17)33-12-10-32(2)11-13-33;2*3-2(4,5)1(6)7/h3-9,14H,10-13,15H2,1-2H3,(H,28,35)(H2,29,30,31,34);2*(H,6,7). The highest BCUT2D eigenvalue weighted by molar-refractivity contribution is 7.21. The normalized spacial score (nSPS) is 13.4. The van der Waals surface area contributed by atoms with E-state index in [2.05, 4.69) is 37.7 Å². The lowest BCUT2D eigenvalue weighted by atomic mass is 10.1. The minimum atomic E-state index is -5.08. The van der Waals surface area contributed by atoms with E-state index in [1.807, 2.05) is 49.4 Å². The van der Waals surface area contributed by atoms with Gasteiger partial charge >= 0.3 is 24.3 Å². The number of carbonyl (C=O) groups is 4. The number of amides is 2. The van der Waals surface area contributed by atoms with Crippen molar-refractivity contribution in [3.05, 3.63) is 75.1 Å². The second-order valence-corrected chi connectivity index (χ2v) is 12.0. The number of aromatic nitrogens is 2. The molecule has 2 aromatic carbocycles. The monoisotopic (exact) mass is 750 g/mol. The largest absolute Gasteiger partial charge is 0.490 e. The first-order chi connectivity index (χ1) is 23.3. The zero-order valence-electron chi connectivity index (χ0n) is 26.1. The maximum Gasteiger partial charge on any atom is 0.490 e. The molecule has 4 aromatic rings. The van der Waals surface area contributed by atoms with Crippen molar-refractivity contribution in [2.24, 2.45) is 0 Å². The topological polar surface area (TPSA) is 168 Å². The van der Waals surface area contributed by atoms with Crippen molar-refractivity contribution in [3.8, 4) is 0 Å². The van der Waals surface area contributed by atoms with Gasteiger partial charge in [-0.15, -0.1) is 11.3 Å². The van der Waals surface area contributed by atoms with Crippen LogP contribution in [-0.4, -0.2) is 94.6 Å². The molecule has 5 rings (SSSR count). The molecule has 270 valence electrons. The number of nitrogens with one attached hydrogen (secondary N) is 3. The zero-order chi connectivity index (χ0) is 37.4. The fourth-order valence-corrected chi connectivity index (χ4v) is 5.49. The summed E-state index contributed by atoms with van der Waals surface area (Å²) in [4.78, 5) is 48.6. The number of alkyl halides is 6. The molecule has 0 unspecified atom stereocenters.